The quantitative estimate of drug-likeness (QED) is 0.863. The van der Waals surface area contributed by atoms with Crippen molar-refractivity contribution < 1.29 is 9.53 Å². The van der Waals surface area contributed by atoms with Crippen molar-refractivity contribution in [3.8, 4) is 0 Å². The summed E-state index contributed by atoms with van der Waals surface area (Å²) < 4.78 is 5.67. The van der Waals surface area contributed by atoms with Crippen LogP contribution in [0.3, 0.4) is 0 Å². The first-order valence-electron chi connectivity index (χ1n) is 6.25. The first-order chi connectivity index (χ1) is 9.45. The minimum Gasteiger partial charge on any atom is -0.469 e. The van der Waals surface area contributed by atoms with E-state index in [9.17, 15) is 14.4 Å². The zero-order valence-corrected chi connectivity index (χ0v) is 12.4. The summed E-state index contributed by atoms with van der Waals surface area (Å²) in [7, 11) is 1.31. The largest absolute Gasteiger partial charge is 0.469 e. The first kappa shape index (κ1) is 14.5. The van der Waals surface area contributed by atoms with Gasteiger partial charge in [0.2, 0.25) is 0 Å². The molecule has 0 aliphatic rings. The number of H-pyrrole nitrogens is 1. The van der Waals surface area contributed by atoms with Crippen LogP contribution < -0.4 is 11.2 Å². The van der Waals surface area contributed by atoms with Gasteiger partial charge in [-0.15, -0.1) is 11.3 Å². The number of esters is 1. The Labute approximate surface area is 119 Å². The average molecular weight is 296 g/mol. The molecule has 0 aliphatic carbocycles. The molecule has 0 aromatic carbocycles. The molecule has 108 valence electrons. The molecule has 0 amide bonds. The van der Waals surface area contributed by atoms with E-state index in [1.807, 2.05) is 13.8 Å². The van der Waals surface area contributed by atoms with Crippen LogP contribution in [0.25, 0.3) is 10.2 Å². The normalized spacial score (nSPS) is 10.9. The highest BCUT2D eigenvalue weighted by atomic mass is 32.1. The van der Waals surface area contributed by atoms with E-state index < -0.39 is 5.69 Å². The standard InChI is InChI=1S/C13H16N2O4S/c1-7-8(2)20-11-10(7)12(17)15(13(18)14-11)6-4-5-9(16)19-3/h4-6H2,1-3H3,(H,14,18). The zero-order chi connectivity index (χ0) is 14.9. The molecule has 2 aromatic heterocycles. The fourth-order valence-electron chi connectivity index (χ4n) is 2.05. The maximum atomic E-state index is 12.4. The molecule has 6 nitrogen and oxygen atoms in total. The molecule has 0 unspecified atom stereocenters. The number of aryl methyl sites for hydroxylation is 2. The van der Waals surface area contributed by atoms with E-state index in [1.165, 1.54) is 18.4 Å². The summed E-state index contributed by atoms with van der Waals surface area (Å²) in [6, 6.07) is 0. The van der Waals surface area contributed by atoms with Crippen molar-refractivity contribution in [2.24, 2.45) is 0 Å². The van der Waals surface area contributed by atoms with Crippen LogP contribution in [0, 0.1) is 13.8 Å². The Balaban J connectivity index is 2.39. The molecule has 0 bridgehead atoms. The van der Waals surface area contributed by atoms with Crippen molar-refractivity contribution in [3.63, 3.8) is 0 Å². The zero-order valence-electron chi connectivity index (χ0n) is 11.6. The van der Waals surface area contributed by atoms with Crippen LogP contribution in [0.4, 0.5) is 0 Å². The highest BCUT2D eigenvalue weighted by Gasteiger charge is 2.14. The summed E-state index contributed by atoms with van der Waals surface area (Å²) in [5, 5.41) is 0.560. The van der Waals surface area contributed by atoms with Crippen molar-refractivity contribution in [3.05, 3.63) is 31.3 Å². The van der Waals surface area contributed by atoms with Gasteiger partial charge in [0.05, 0.1) is 12.5 Å². The van der Waals surface area contributed by atoms with Gasteiger partial charge in [0.15, 0.2) is 0 Å². The highest BCUT2D eigenvalue weighted by molar-refractivity contribution is 7.18. The smallest absolute Gasteiger partial charge is 0.329 e. The number of hydrogen-bond acceptors (Lipinski definition) is 5. The Morgan fingerprint density at radius 1 is 1.35 bits per heavy atom. The van der Waals surface area contributed by atoms with Gasteiger partial charge in [0.25, 0.3) is 5.56 Å². The SMILES string of the molecule is COC(=O)CCCn1c(=O)[nH]c2sc(C)c(C)c2c1=O. The Morgan fingerprint density at radius 3 is 2.70 bits per heavy atom. The van der Waals surface area contributed by atoms with Gasteiger partial charge >= 0.3 is 11.7 Å². The minimum absolute atomic E-state index is 0.183. The molecule has 0 radical (unpaired) electrons. The maximum Gasteiger partial charge on any atom is 0.329 e. The van der Waals surface area contributed by atoms with Crippen LogP contribution in [0.5, 0.6) is 0 Å². The third-order valence-electron chi connectivity index (χ3n) is 3.30. The van der Waals surface area contributed by atoms with E-state index >= 15 is 0 Å². The van der Waals surface area contributed by atoms with Gasteiger partial charge in [-0.25, -0.2) is 4.79 Å². The lowest BCUT2D eigenvalue weighted by atomic mass is 10.2. The van der Waals surface area contributed by atoms with Crippen molar-refractivity contribution in [2.45, 2.75) is 33.2 Å². The van der Waals surface area contributed by atoms with Crippen LogP contribution in [0.15, 0.2) is 9.59 Å². The summed E-state index contributed by atoms with van der Waals surface area (Å²) in [5.41, 5.74) is 0.164. The van der Waals surface area contributed by atoms with Crippen LogP contribution >= 0.6 is 11.3 Å². The van der Waals surface area contributed by atoms with E-state index in [4.69, 9.17) is 0 Å². The number of methoxy groups -OCH3 is 1. The number of fused-ring (bicyclic) bond motifs is 1. The van der Waals surface area contributed by atoms with Crippen LogP contribution in [0.1, 0.15) is 23.3 Å². The fraction of sp³-hybridized carbons (Fsp3) is 0.462. The Morgan fingerprint density at radius 2 is 2.05 bits per heavy atom. The molecule has 1 N–H and O–H groups in total. The predicted molar refractivity (Wildman–Crippen MR) is 77.4 cm³/mol. The van der Waals surface area contributed by atoms with Crippen LogP contribution in [0.2, 0.25) is 0 Å². The number of hydrogen-bond donors (Lipinski definition) is 1. The van der Waals surface area contributed by atoms with Crippen molar-refractivity contribution >= 4 is 27.5 Å². The molecule has 0 atom stereocenters. The Kier molecular flexibility index (Phi) is 4.08. The summed E-state index contributed by atoms with van der Waals surface area (Å²) in [5.74, 6) is -0.349. The van der Waals surface area contributed by atoms with E-state index in [2.05, 4.69) is 9.72 Å². The van der Waals surface area contributed by atoms with Crippen LogP contribution in [-0.4, -0.2) is 22.6 Å². The van der Waals surface area contributed by atoms with E-state index in [0.717, 1.165) is 15.0 Å². The summed E-state index contributed by atoms with van der Waals surface area (Å²) >= 11 is 1.41. The monoisotopic (exact) mass is 296 g/mol. The molecule has 2 heterocycles. The van der Waals surface area contributed by atoms with Gasteiger partial charge in [-0.05, 0) is 25.8 Å². The molecular formula is C13H16N2O4S. The van der Waals surface area contributed by atoms with Crippen molar-refractivity contribution in [1.29, 1.82) is 0 Å². The lowest BCUT2D eigenvalue weighted by Gasteiger charge is -2.04. The number of carbonyl (C=O) groups excluding carboxylic acids is 1. The number of nitrogens with one attached hydrogen (secondary N) is 1. The van der Waals surface area contributed by atoms with Gasteiger partial charge in [-0.2, -0.15) is 0 Å². The lowest BCUT2D eigenvalue weighted by Crippen LogP contribution is -2.35. The molecule has 7 heteroatoms. The van der Waals surface area contributed by atoms with Gasteiger partial charge < -0.3 is 4.74 Å². The molecule has 0 saturated carbocycles. The summed E-state index contributed by atoms with van der Waals surface area (Å²) in [4.78, 5) is 39.7. The van der Waals surface area contributed by atoms with Crippen molar-refractivity contribution in [2.75, 3.05) is 7.11 Å². The Hall–Kier alpha value is -1.89. The second-order valence-corrected chi connectivity index (χ2v) is 5.78. The molecule has 0 spiro atoms. The van der Waals surface area contributed by atoms with Crippen molar-refractivity contribution in [1.82, 2.24) is 9.55 Å². The van der Waals surface area contributed by atoms with E-state index in [-0.39, 0.29) is 24.5 Å². The third-order valence-corrected chi connectivity index (χ3v) is 4.42. The second kappa shape index (κ2) is 5.62. The topological polar surface area (TPSA) is 81.2 Å². The fourth-order valence-corrected chi connectivity index (χ4v) is 3.09. The molecule has 2 rings (SSSR count). The number of carbonyl (C=O) groups is 1. The number of thiophene rings is 1. The summed E-state index contributed by atoms with van der Waals surface area (Å²) in [6.07, 6.45) is 0.575. The number of nitrogens with zero attached hydrogens (tertiary/aromatic N) is 1. The lowest BCUT2D eigenvalue weighted by molar-refractivity contribution is -0.140. The molecule has 0 fully saturated rings. The van der Waals surface area contributed by atoms with Gasteiger partial charge in [0, 0.05) is 17.8 Å². The van der Waals surface area contributed by atoms with Crippen LogP contribution in [-0.2, 0) is 16.1 Å². The Bertz CT molecular complexity index is 769. The second-order valence-electron chi connectivity index (χ2n) is 4.55. The number of aromatic nitrogens is 2. The van der Waals surface area contributed by atoms with Gasteiger partial charge in [0.1, 0.15) is 4.83 Å². The summed E-state index contributed by atoms with van der Waals surface area (Å²) in [6.45, 7) is 3.99. The average Bonchev–Trinajstić information content (AvgIpc) is 2.68. The molecule has 0 saturated heterocycles. The minimum atomic E-state index is -0.436. The third kappa shape index (κ3) is 2.53. The van der Waals surface area contributed by atoms with E-state index in [0.29, 0.717) is 16.6 Å². The number of aromatic amines is 1. The highest BCUT2D eigenvalue weighted by Crippen LogP contribution is 2.24. The molecule has 0 aliphatic heterocycles. The molecular weight excluding hydrogens is 280 g/mol. The predicted octanol–water partition coefficient (Wildman–Crippen LogP) is 1.32. The number of rotatable bonds is 4. The maximum absolute atomic E-state index is 12.4. The molecule has 2 aromatic rings. The number of ether oxygens (including phenoxy) is 1. The van der Waals surface area contributed by atoms with E-state index in [1.54, 1.807) is 0 Å². The molecule has 20 heavy (non-hydrogen) atoms. The van der Waals surface area contributed by atoms with Gasteiger partial charge in [-0.3, -0.25) is 19.1 Å². The van der Waals surface area contributed by atoms with Gasteiger partial charge in [-0.1, -0.05) is 0 Å². The first-order valence-corrected chi connectivity index (χ1v) is 7.07.